The van der Waals surface area contributed by atoms with Crippen molar-refractivity contribution in [3.05, 3.63) is 59.9 Å². The van der Waals surface area contributed by atoms with Crippen LogP contribution in [0.3, 0.4) is 0 Å². The predicted molar refractivity (Wildman–Crippen MR) is 98.2 cm³/mol. The van der Waals surface area contributed by atoms with E-state index in [4.69, 9.17) is 8.53 Å². The first kappa shape index (κ1) is 11.8. The fourth-order valence-corrected chi connectivity index (χ4v) is 2.90. The average Bonchev–Trinajstić information content (AvgIpc) is 2.98. The van der Waals surface area contributed by atoms with Gasteiger partial charge < -0.3 is 4.42 Å². The normalized spacial score (nSPS) is 14.5. The fourth-order valence-electron chi connectivity index (χ4n) is 2.90. The summed E-state index contributed by atoms with van der Waals surface area (Å²) in [6.45, 7) is 3.99. The third-order valence-corrected chi connectivity index (χ3v) is 4.20. The summed E-state index contributed by atoms with van der Waals surface area (Å²) in [6, 6.07) is 12.9. The Morgan fingerprint density at radius 1 is 1.04 bits per heavy atom. The summed E-state index contributed by atoms with van der Waals surface area (Å²) in [4.78, 5) is 9.07. The third-order valence-electron chi connectivity index (χ3n) is 4.20. The fraction of sp³-hybridized carbons (Fsp3) is 0.238. The molecule has 0 N–H and O–H groups in total. The van der Waals surface area contributed by atoms with Gasteiger partial charge in [0.2, 0.25) is 5.71 Å². The van der Waals surface area contributed by atoms with E-state index in [1.807, 2.05) is 30.3 Å². The number of rotatable bonds is 1. The minimum absolute atomic E-state index is 0.135. The lowest BCUT2D eigenvalue weighted by Crippen LogP contribution is -2.12. The molecule has 0 amide bonds. The number of hydrogen-bond acceptors (Lipinski definition) is 3. The molecule has 0 radical (unpaired) electrons. The molecule has 3 aromatic heterocycles. The van der Waals surface area contributed by atoms with E-state index in [1.165, 1.54) is 0 Å². The third kappa shape index (κ3) is 2.28. The Morgan fingerprint density at radius 3 is 2.62 bits per heavy atom. The van der Waals surface area contributed by atoms with Gasteiger partial charge in [0.05, 0.1) is 5.69 Å². The molecule has 3 nitrogen and oxygen atoms in total. The van der Waals surface area contributed by atoms with Gasteiger partial charge in [0.1, 0.15) is 5.58 Å². The zero-order valence-corrected chi connectivity index (χ0v) is 13.9. The van der Waals surface area contributed by atoms with Gasteiger partial charge in [-0.25, -0.2) is 4.98 Å². The van der Waals surface area contributed by atoms with Crippen LogP contribution in [0, 0.1) is 6.85 Å². The molecule has 24 heavy (non-hydrogen) atoms. The molecule has 0 aliphatic heterocycles. The van der Waals surface area contributed by atoms with Crippen LogP contribution in [0.25, 0.3) is 33.3 Å². The van der Waals surface area contributed by atoms with E-state index >= 15 is 0 Å². The standard InChI is InChI=1S/C21H20N2O/c1-13-8-9-14(16-7-5-6-12-22-16)19-18(13)15-10-11-17(21(2,3)4)23-20(15)24-19/h5-12H,1-4H3/i1D3. The summed E-state index contributed by atoms with van der Waals surface area (Å²) in [6.07, 6.45) is 1.71. The van der Waals surface area contributed by atoms with E-state index in [-0.39, 0.29) is 11.0 Å². The first-order valence-electron chi connectivity index (χ1n) is 9.45. The molecule has 0 unspecified atom stereocenters. The molecule has 3 heterocycles. The number of nitrogens with zero attached hydrogens (tertiary/aromatic N) is 2. The number of furan rings is 1. The molecule has 0 spiro atoms. The predicted octanol–water partition coefficient (Wildman–Crippen LogP) is 5.65. The van der Waals surface area contributed by atoms with Crippen molar-refractivity contribution in [3.8, 4) is 11.3 Å². The Labute approximate surface area is 145 Å². The number of hydrogen-bond donors (Lipinski definition) is 0. The van der Waals surface area contributed by atoms with Crippen molar-refractivity contribution in [1.29, 1.82) is 0 Å². The van der Waals surface area contributed by atoms with E-state index in [1.54, 1.807) is 18.3 Å². The second kappa shape index (κ2) is 5.17. The van der Waals surface area contributed by atoms with Gasteiger partial charge in [0.25, 0.3) is 0 Å². The van der Waals surface area contributed by atoms with Gasteiger partial charge in [-0.15, -0.1) is 0 Å². The minimum Gasteiger partial charge on any atom is -0.437 e. The molecule has 4 aromatic rings. The second-order valence-electron chi connectivity index (χ2n) is 6.98. The van der Waals surface area contributed by atoms with Crippen LogP contribution in [-0.2, 0) is 5.41 Å². The van der Waals surface area contributed by atoms with Crippen molar-refractivity contribution in [2.75, 3.05) is 0 Å². The van der Waals surface area contributed by atoms with Crippen LogP contribution >= 0.6 is 0 Å². The van der Waals surface area contributed by atoms with Crippen LogP contribution in [-0.4, -0.2) is 9.97 Å². The maximum atomic E-state index is 7.94. The van der Waals surface area contributed by atoms with Gasteiger partial charge in [-0.3, -0.25) is 4.98 Å². The van der Waals surface area contributed by atoms with Crippen molar-refractivity contribution < 1.29 is 8.53 Å². The summed E-state index contributed by atoms with van der Waals surface area (Å²) in [5.41, 5.74) is 3.47. The van der Waals surface area contributed by atoms with Gasteiger partial charge in [-0.05, 0) is 42.7 Å². The molecule has 0 aliphatic rings. The van der Waals surface area contributed by atoms with Crippen molar-refractivity contribution >= 4 is 22.1 Å². The van der Waals surface area contributed by atoms with Crippen LogP contribution in [0.15, 0.2) is 53.1 Å². The molecule has 0 atom stereocenters. The van der Waals surface area contributed by atoms with E-state index < -0.39 is 6.85 Å². The molecule has 4 rings (SSSR count). The molecule has 0 aliphatic carbocycles. The number of pyridine rings is 2. The van der Waals surface area contributed by atoms with E-state index in [9.17, 15) is 0 Å². The first-order valence-corrected chi connectivity index (χ1v) is 7.95. The molecule has 1 aromatic carbocycles. The minimum atomic E-state index is -2.25. The number of aryl methyl sites for hydroxylation is 1. The molecule has 0 saturated heterocycles. The SMILES string of the molecule is [2H]C([2H])([2H])c1ccc(-c2ccccn2)c2oc3nc(C(C)(C)C)ccc3c12. The monoisotopic (exact) mass is 319 g/mol. The van der Waals surface area contributed by atoms with Crippen LogP contribution < -0.4 is 0 Å². The Balaban J connectivity index is 2.11. The summed E-state index contributed by atoms with van der Waals surface area (Å²) < 4.78 is 29.9. The van der Waals surface area contributed by atoms with Gasteiger partial charge in [-0.2, -0.15) is 0 Å². The first-order chi connectivity index (χ1) is 12.7. The Kier molecular flexibility index (Phi) is 2.54. The van der Waals surface area contributed by atoms with Crippen molar-refractivity contribution in [3.63, 3.8) is 0 Å². The highest BCUT2D eigenvalue weighted by molar-refractivity contribution is 6.10. The van der Waals surface area contributed by atoms with E-state index in [0.29, 0.717) is 22.1 Å². The average molecular weight is 319 g/mol. The Morgan fingerprint density at radius 2 is 1.92 bits per heavy atom. The van der Waals surface area contributed by atoms with Crippen LogP contribution in [0.1, 0.15) is 36.1 Å². The van der Waals surface area contributed by atoms with E-state index in [0.717, 1.165) is 17.0 Å². The van der Waals surface area contributed by atoms with Crippen molar-refractivity contribution in [1.82, 2.24) is 9.97 Å². The summed E-state index contributed by atoms with van der Waals surface area (Å²) in [5.74, 6) is 0. The smallest absolute Gasteiger partial charge is 0.227 e. The highest BCUT2D eigenvalue weighted by Gasteiger charge is 2.20. The van der Waals surface area contributed by atoms with Crippen molar-refractivity contribution in [2.24, 2.45) is 0 Å². The molecule has 3 heteroatoms. The number of fused-ring (bicyclic) bond motifs is 3. The quantitative estimate of drug-likeness (QED) is 0.455. The highest BCUT2D eigenvalue weighted by Crippen LogP contribution is 2.37. The van der Waals surface area contributed by atoms with Gasteiger partial charge in [-0.1, -0.05) is 32.9 Å². The maximum Gasteiger partial charge on any atom is 0.227 e. The Hall–Kier alpha value is -2.68. The molecular formula is C21H20N2O. The molecule has 0 fully saturated rings. The lowest BCUT2D eigenvalue weighted by atomic mass is 9.91. The zero-order chi connectivity index (χ0) is 19.4. The van der Waals surface area contributed by atoms with Crippen molar-refractivity contribution in [2.45, 2.75) is 33.0 Å². The lowest BCUT2D eigenvalue weighted by Gasteiger charge is -2.16. The number of aromatic nitrogens is 2. The molecule has 0 bridgehead atoms. The van der Waals surface area contributed by atoms with Gasteiger partial charge in [0.15, 0.2) is 0 Å². The van der Waals surface area contributed by atoms with E-state index in [2.05, 4.69) is 30.7 Å². The Bertz CT molecular complexity index is 1140. The maximum absolute atomic E-state index is 7.94. The van der Waals surface area contributed by atoms with Crippen LogP contribution in [0.4, 0.5) is 0 Å². The van der Waals surface area contributed by atoms with Gasteiger partial charge in [0, 0.05) is 37.8 Å². The lowest BCUT2D eigenvalue weighted by molar-refractivity contribution is 0.562. The zero-order valence-electron chi connectivity index (χ0n) is 16.9. The highest BCUT2D eigenvalue weighted by atomic mass is 16.3. The molecular weight excluding hydrogens is 296 g/mol. The number of benzene rings is 1. The summed E-state index contributed by atoms with van der Waals surface area (Å²) in [7, 11) is 0. The van der Waals surface area contributed by atoms with Gasteiger partial charge >= 0.3 is 0 Å². The molecule has 0 saturated carbocycles. The summed E-state index contributed by atoms with van der Waals surface area (Å²) >= 11 is 0. The largest absolute Gasteiger partial charge is 0.437 e. The second-order valence-corrected chi connectivity index (χ2v) is 6.98. The summed E-state index contributed by atoms with van der Waals surface area (Å²) in [5, 5.41) is 1.29. The topological polar surface area (TPSA) is 38.9 Å². The molecule has 120 valence electrons. The van der Waals surface area contributed by atoms with Crippen LogP contribution in [0.5, 0.6) is 0 Å². The van der Waals surface area contributed by atoms with Crippen LogP contribution in [0.2, 0.25) is 0 Å².